The zero-order valence-electron chi connectivity index (χ0n) is 16.7. The first-order valence-electron chi connectivity index (χ1n) is 9.77. The van der Waals surface area contributed by atoms with E-state index in [4.69, 9.17) is 10.5 Å². The van der Waals surface area contributed by atoms with Gasteiger partial charge in [-0.25, -0.2) is 8.78 Å². The number of nitrogens with one attached hydrogen (secondary N) is 1. The number of benzene rings is 2. The topological polar surface area (TPSA) is 67.5 Å². The van der Waals surface area contributed by atoms with Gasteiger partial charge in [-0.05, 0) is 37.1 Å². The summed E-state index contributed by atoms with van der Waals surface area (Å²) in [6, 6.07) is 8.78. The van der Waals surface area contributed by atoms with Gasteiger partial charge in [0.2, 0.25) is 0 Å². The molecule has 0 spiro atoms. The number of ether oxygens (including phenoxy) is 1. The summed E-state index contributed by atoms with van der Waals surface area (Å²) >= 11 is 0. The van der Waals surface area contributed by atoms with E-state index in [9.17, 15) is 13.9 Å². The molecule has 6 heteroatoms. The van der Waals surface area contributed by atoms with E-state index < -0.39 is 23.8 Å². The molecule has 0 aromatic heterocycles. The average Bonchev–Trinajstić information content (AvgIpc) is 2.66. The predicted octanol–water partition coefficient (Wildman–Crippen LogP) is 3.64. The number of fused-ring (bicyclic) bond motifs is 1. The monoisotopic (exact) mass is 392 g/mol. The lowest BCUT2D eigenvalue weighted by molar-refractivity contribution is 0.133. The van der Waals surface area contributed by atoms with Crippen molar-refractivity contribution in [3.63, 3.8) is 0 Å². The molecular formula is C22H30F2N2O2. The van der Waals surface area contributed by atoms with E-state index in [1.165, 1.54) is 12.1 Å². The third-order valence-corrected chi connectivity index (χ3v) is 4.67. The number of hydrogen-bond donors (Lipinski definition) is 3. The SMILES string of the molecule is CC.Cc1ccc2c(c1)C(NCC(O)C(N)Cc1cc(F)cc(F)c1)CCO2. The Morgan fingerprint density at radius 1 is 1.18 bits per heavy atom. The molecule has 3 rings (SSSR count). The van der Waals surface area contributed by atoms with E-state index >= 15 is 0 Å². The molecule has 3 atom stereocenters. The highest BCUT2D eigenvalue weighted by Crippen LogP contribution is 2.32. The summed E-state index contributed by atoms with van der Waals surface area (Å²) in [5, 5.41) is 13.7. The van der Waals surface area contributed by atoms with Crippen molar-refractivity contribution in [2.24, 2.45) is 5.73 Å². The predicted molar refractivity (Wildman–Crippen MR) is 107 cm³/mol. The molecule has 1 aliphatic rings. The Labute approximate surface area is 165 Å². The lowest BCUT2D eigenvalue weighted by Crippen LogP contribution is -2.44. The van der Waals surface area contributed by atoms with Gasteiger partial charge in [-0.2, -0.15) is 0 Å². The van der Waals surface area contributed by atoms with Crippen LogP contribution in [0.25, 0.3) is 0 Å². The van der Waals surface area contributed by atoms with Crippen molar-refractivity contribution < 1.29 is 18.6 Å². The summed E-state index contributed by atoms with van der Waals surface area (Å²) in [6.45, 7) is 6.92. The second-order valence-electron chi connectivity index (χ2n) is 6.85. The highest BCUT2D eigenvalue weighted by Gasteiger charge is 2.23. The van der Waals surface area contributed by atoms with Crippen molar-refractivity contribution in [2.75, 3.05) is 13.2 Å². The number of nitrogens with two attached hydrogens (primary N) is 1. The first kappa shape index (κ1) is 22.3. The Morgan fingerprint density at radius 2 is 1.86 bits per heavy atom. The lowest BCUT2D eigenvalue weighted by atomic mass is 9.97. The third-order valence-electron chi connectivity index (χ3n) is 4.67. The number of hydrogen-bond acceptors (Lipinski definition) is 4. The van der Waals surface area contributed by atoms with Gasteiger partial charge in [-0.3, -0.25) is 0 Å². The Bertz CT molecular complexity index is 750. The van der Waals surface area contributed by atoms with Crippen molar-refractivity contribution in [2.45, 2.75) is 51.8 Å². The Kier molecular flexibility index (Phi) is 8.35. The van der Waals surface area contributed by atoms with Crippen LogP contribution < -0.4 is 15.8 Å². The molecule has 4 N–H and O–H groups in total. The van der Waals surface area contributed by atoms with Gasteiger partial charge in [-0.15, -0.1) is 0 Å². The van der Waals surface area contributed by atoms with Crippen LogP contribution >= 0.6 is 0 Å². The molecule has 4 nitrogen and oxygen atoms in total. The van der Waals surface area contributed by atoms with Crippen molar-refractivity contribution in [3.8, 4) is 5.75 Å². The second kappa shape index (κ2) is 10.5. The molecule has 0 radical (unpaired) electrons. The summed E-state index contributed by atoms with van der Waals surface area (Å²) in [6.07, 6.45) is 0.159. The fraction of sp³-hybridized carbons (Fsp3) is 0.455. The maximum atomic E-state index is 13.3. The second-order valence-corrected chi connectivity index (χ2v) is 6.85. The number of aryl methyl sites for hydroxylation is 1. The summed E-state index contributed by atoms with van der Waals surface area (Å²) in [5.41, 5.74) is 8.67. The largest absolute Gasteiger partial charge is 0.493 e. The number of aliphatic hydroxyl groups excluding tert-OH is 1. The zero-order valence-corrected chi connectivity index (χ0v) is 16.7. The van der Waals surface area contributed by atoms with Crippen molar-refractivity contribution in [1.82, 2.24) is 5.32 Å². The molecule has 1 heterocycles. The molecule has 28 heavy (non-hydrogen) atoms. The van der Waals surface area contributed by atoms with E-state index in [-0.39, 0.29) is 19.0 Å². The molecule has 0 amide bonds. The average molecular weight is 392 g/mol. The van der Waals surface area contributed by atoms with Gasteiger partial charge in [0.1, 0.15) is 17.4 Å². The fourth-order valence-corrected chi connectivity index (χ4v) is 3.28. The normalized spacial score (nSPS) is 17.6. The first-order chi connectivity index (χ1) is 13.4. The molecular weight excluding hydrogens is 362 g/mol. The maximum absolute atomic E-state index is 13.3. The van der Waals surface area contributed by atoms with Gasteiger partial charge in [0.25, 0.3) is 0 Å². The maximum Gasteiger partial charge on any atom is 0.126 e. The van der Waals surface area contributed by atoms with E-state index in [0.717, 1.165) is 29.4 Å². The smallest absolute Gasteiger partial charge is 0.126 e. The van der Waals surface area contributed by atoms with Crippen LogP contribution in [0.3, 0.4) is 0 Å². The van der Waals surface area contributed by atoms with Crippen molar-refractivity contribution >= 4 is 0 Å². The molecule has 0 fully saturated rings. The first-order valence-corrected chi connectivity index (χ1v) is 9.77. The quantitative estimate of drug-likeness (QED) is 0.702. The van der Waals surface area contributed by atoms with E-state index in [0.29, 0.717) is 12.2 Å². The van der Waals surface area contributed by atoms with Gasteiger partial charge in [0.15, 0.2) is 0 Å². The van der Waals surface area contributed by atoms with Gasteiger partial charge in [0, 0.05) is 36.7 Å². The summed E-state index contributed by atoms with van der Waals surface area (Å²) in [7, 11) is 0. The van der Waals surface area contributed by atoms with Crippen LogP contribution in [0.15, 0.2) is 36.4 Å². The van der Waals surface area contributed by atoms with E-state index in [1.807, 2.05) is 32.9 Å². The lowest BCUT2D eigenvalue weighted by Gasteiger charge is -2.29. The van der Waals surface area contributed by atoms with E-state index in [2.05, 4.69) is 11.4 Å². The minimum atomic E-state index is -0.836. The zero-order chi connectivity index (χ0) is 20.7. The van der Waals surface area contributed by atoms with Crippen molar-refractivity contribution in [3.05, 3.63) is 64.7 Å². The Hall–Kier alpha value is -2.02. The standard InChI is InChI=1S/C20H24F2N2O2.C2H6/c1-12-2-3-20-16(6-12)18(4-5-26-20)24-11-19(25)17(23)9-13-7-14(21)10-15(22)8-13;1-2/h2-3,6-8,10,17-19,24-25H,4-5,9,11,23H2,1H3;1-2H3. The van der Waals surface area contributed by atoms with Crippen LogP contribution in [-0.2, 0) is 6.42 Å². The molecule has 1 aliphatic heterocycles. The highest BCUT2D eigenvalue weighted by molar-refractivity contribution is 5.40. The van der Waals surface area contributed by atoms with Gasteiger partial charge < -0.3 is 20.9 Å². The van der Waals surface area contributed by atoms with Crippen LogP contribution in [-0.4, -0.2) is 30.4 Å². The van der Waals surface area contributed by atoms with Gasteiger partial charge in [0.05, 0.1) is 12.7 Å². The molecule has 2 aromatic rings. The molecule has 0 bridgehead atoms. The molecule has 3 unspecified atom stereocenters. The highest BCUT2D eigenvalue weighted by atomic mass is 19.1. The Morgan fingerprint density at radius 3 is 2.54 bits per heavy atom. The summed E-state index contributed by atoms with van der Waals surface area (Å²) in [5.74, 6) is -0.434. The van der Waals surface area contributed by atoms with Crippen LogP contribution in [0.4, 0.5) is 8.78 Å². The number of rotatable bonds is 6. The molecule has 154 valence electrons. The summed E-state index contributed by atoms with van der Waals surface area (Å²) < 4.78 is 32.2. The van der Waals surface area contributed by atoms with Gasteiger partial charge in [-0.1, -0.05) is 31.5 Å². The van der Waals surface area contributed by atoms with Crippen molar-refractivity contribution in [1.29, 1.82) is 0 Å². The van der Waals surface area contributed by atoms with Crippen LogP contribution in [0, 0.1) is 18.6 Å². The Balaban J connectivity index is 0.00000136. The van der Waals surface area contributed by atoms with Gasteiger partial charge >= 0.3 is 0 Å². The minimum absolute atomic E-state index is 0.0760. The molecule has 0 aliphatic carbocycles. The molecule has 2 aromatic carbocycles. The molecule has 0 saturated heterocycles. The van der Waals surface area contributed by atoms with E-state index in [1.54, 1.807) is 0 Å². The summed E-state index contributed by atoms with van der Waals surface area (Å²) in [4.78, 5) is 0. The number of halogens is 2. The molecule has 0 saturated carbocycles. The van der Waals surface area contributed by atoms with Crippen LogP contribution in [0.5, 0.6) is 5.75 Å². The minimum Gasteiger partial charge on any atom is -0.493 e. The van der Waals surface area contributed by atoms with Crippen LogP contribution in [0.2, 0.25) is 0 Å². The van der Waals surface area contributed by atoms with Crippen LogP contribution in [0.1, 0.15) is 43.0 Å². The number of aliphatic hydroxyl groups is 1. The third kappa shape index (κ3) is 5.99. The fourth-order valence-electron chi connectivity index (χ4n) is 3.28.